The second-order valence-corrected chi connectivity index (χ2v) is 29.7. The van der Waals surface area contributed by atoms with Crippen LogP contribution in [0.25, 0.3) is 0 Å². The van der Waals surface area contributed by atoms with Gasteiger partial charge in [0.15, 0.2) is 6.10 Å². The van der Waals surface area contributed by atoms with Gasteiger partial charge in [-0.2, -0.15) is 0 Å². The van der Waals surface area contributed by atoms with E-state index in [1.54, 1.807) is 0 Å². The van der Waals surface area contributed by atoms with Crippen LogP contribution in [0.4, 0.5) is 0 Å². The summed E-state index contributed by atoms with van der Waals surface area (Å²) in [6.45, 7) is 2.52. The monoisotopic (exact) mass is 1490 g/mol. The second-order valence-electron chi connectivity index (χ2n) is 26.8. The number of carbonyl (C=O) groups is 3. The maximum absolute atomic E-state index is 13.0. The molecule has 0 amide bonds. The van der Waals surface area contributed by atoms with Gasteiger partial charge in [0.1, 0.15) is 25.4 Å². The summed E-state index contributed by atoms with van der Waals surface area (Å²) in [4.78, 5) is 58.7. The number of rotatable bonds is 76. The third kappa shape index (κ3) is 78.6. The molecule has 4 N–H and O–H groups in total. The molecule has 0 aromatic carbocycles. The van der Waals surface area contributed by atoms with Crippen LogP contribution in [-0.2, 0) is 55.8 Å². The van der Waals surface area contributed by atoms with Crippen molar-refractivity contribution in [2.45, 2.75) is 347 Å². The lowest BCUT2D eigenvalue weighted by atomic mass is 10.0. The van der Waals surface area contributed by atoms with Crippen molar-refractivity contribution >= 4 is 33.6 Å². The third-order valence-corrected chi connectivity index (χ3v) is 18.7. The predicted octanol–water partition coefficient (Wildman–Crippen LogP) is 23.9. The van der Waals surface area contributed by atoms with Crippen LogP contribution in [0.15, 0.2) is 134 Å². The third-order valence-electron chi connectivity index (χ3n) is 16.8. The van der Waals surface area contributed by atoms with Gasteiger partial charge in [0.25, 0.3) is 0 Å². The van der Waals surface area contributed by atoms with E-state index in [2.05, 4.69) is 154 Å². The number of carbonyl (C=O) groups excluding carboxylic acids is 3. The SMILES string of the molecule is CC/C=C\C/C=C\C/C=C\C/C=C\C/C=C\C/C=C\CCCCCCCCC(=O)OCC(COP(=O)(O)OCC(O)COP(=O)(O)OCC(O)COC(=O)CCCCCCCCCCCCC/C=C\C/C=C\C/C=C\C/C=C\CCCCC)OC(=O)CCCCCCC/C=C\CCCCCCCC. The topological polar surface area (TPSA) is 231 Å². The molecule has 0 aliphatic heterocycles. The maximum Gasteiger partial charge on any atom is 0.472 e. The van der Waals surface area contributed by atoms with E-state index in [4.69, 9.17) is 32.3 Å². The van der Waals surface area contributed by atoms with Gasteiger partial charge in [0.05, 0.1) is 26.4 Å². The molecule has 0 saturated heterocycles. The highest BCUT2D eigenvalue weighted by Crippen LogP contribution is 2.45. The first-order chi connectivity index (χ1) is 50.2. The van der Waals surface area contributed by atoms with Gasteiger partial charge in [0.2, 0.25) is 0 Å². The van der Waals surface area contributed by atoms with Crippen LogP contribution < -0.4 is 0 Å². The Balaban J connectivity index is 4.59. The predicted molar refractivity (Wildman–Crippen MR) is 426 cm³/mol. The highest BCUT2D eigenvalue weighted by atomic mass is 31.2. The molecule has 0 saturated carbocycles. The number of phosphoric acid groups is 2. The Labute approximate surface area is 626 Å². The van der Waals surface area contributed by atoms with E-state index < -0.39 is 91.5 Å². The van der Waals surface area contributed by atoms with Crippen LogP contribution in [-0.4, -0.2) is 95.9 Å². The van der Waals surface area contributed by atoms with Crippen molar-refractivity contribution in [3.63, 3.8) is 0 Å². The average Bonchev–Trinajstić information content (AvgIpc) is 0.918. The number of hydrogen-bond acceptors (Lipinski definition) is 14. The van der Waals surface area contributed by atoms with E-state index >= 15 is 0 Å². The zero-order valence-electron chi connectivity index (χ0n) is 64.7. The van der Waals surface area contributed by atoms with Crippen molar-refractivity contribution < 1.29 is 75.8 Å². The molecule has 0 aromatic rings. The largest absolute Gasteiger partial charge is 0.472 e. The first-order valence-corrected chi connectivity index (χ1v) is 43.5. The van der Waals surface area contributed by atoms with Gasteiger partial charge < -0.3 is 34.2 Å². The van der Waals surface area contributed by atoms with E-state index in [0.29, 0.717) is 19.3 Å². The minimum absolute atomic E-state index is 0.0885. The maximum atomic E-state index is 13.0. The lowest BCUT2D eigenvalue weighted by Gasteiger charge is -2.21. The Morgan fingerprint density at radius 3 is 0.845 bits per heavy atom. The van der Waals surface area contributed by atoms with Crippen molar-refractivity contribution in [1.82, 2.24) is 0 Å². The Hall–Kier alpha value is -4.31. The summed E-state index contributed by atoms with van der Waals surface area (Å²) < 4.78 is 61.2. The molecule has 16 nitrogen and oxygen atoms in total. The highest BCUT2D eigenvalue weighted by molar-refractivity contribution is 7.47. The van der Waals surface area contributed by atoms with Crippen molar-refractivity contribution in [3.05, 3.63) is 134 Å². The molecule has 0 rings (SSSR count). The Morgan fingerprint density at radius 1 is 0.282 bits per heavy atom. The molecular formula is C85H146O16P2. The van der Waals surface area contributed by atoms with E-state index in [1.165, 1.54) is 109 Å². The van der Waals surface area contributed by atoms with Crippen LogP contribution in [0.5, 0.6) is 0 Å². The zero-order chi connectivity index (χ0) is 75.2. The van der Waals surface area contributed by atoms with Gasteiger partial charge in [0, 0.05) is 19.3 Å². The van der Waals surface area contributed by atoms with Crippen LogP contribution >= 0.6 is 15.6 Å². The first-order valence-electron chi connectivity index (χ1n) is 40.5. The Morgan fingerprint density at radius 2 is 0.515 bits per heavy atom. The molecule has 0 aliphatic rings. The molecule has 0 aromatic heterocycles. The quantitative estimate of drug-likeness (QED) is 0.0146. The smallest absolute Gasteiger partial charge is 0.463 e. The summed E-state index contributed by atoms with van der Waals surface area (Å²) in [6, 6.07) is 0. The van der Waals surface area contributed by atoms with Crippen LogP contribution in [0.3, 0.4) is 0 Å². The number of allylic oxidation sites excluding steroid dienone is 22. The molecule has 0 fully saturated rings. The molecule has 0 spiro atoms. The molecular weight excluding hydrogens is 1340 g/mol. The summed E-state index contributed by atoms with van der Waals surface area (Å²) in [5.74, 6) is -1.60. The number of esters is 3. The number of hydrogen-bond donors (Lipinski definition) is 4. The van der Waals surface area contributed by atoms with Crippen LogP contribution in [0.1, 0.15) is 329 Å². The lowest BCUT2D eigenvalue weighted by molar-refractivity contribution is -0.161. The van der Waals surface area contributed by atoms with E-state index in [9.17, 15) is 43.5 Å². The standard InChI is InChI=1S/C85H146O16P2/c1-4-7-10-13-16-19-22-25-28-30-32-34-36-38-39-41-43-44-46-48-51-53-56-59-62-65-68-71-83(88)95-74-80(86)75-97-102(91,92)98-76-81(87)77-99-103(93,94)100-79-82(101-85(90)73-70-67-64-61-58-55-50-27-24-21-18-15-12-9-6-3)78-96-84(89)72-69-66-63-60-57-54-52-49-47-45-42-40-37-35-33-31-29-26-23-20-17-14-11-8-5-2/h8,11,16-17,19-20,25-29,32-35,38-40,42,47,49-50,80-82,86-87H,4-7,9-10,12-15,18,21-24,30-31,36-37,41,43-46,48,51-79H2,1-3H3,(H,91,92)(H,93,94)/b11-8-,19-16-,20-17-,28-25-,29-26-,34-32-,35-33-,39-38-,42-40-,49-47-,50-27-. The summed E-state index contributed by atoms with van der Waals surface area (Å²) in [5, 5.41) is 20.6. The number of aliphatic hydroxyl groups is 2. The average molecular weight is 1490 g/mol. The fourth-order valence-electron chi connectivity index (χ4n) is 10.7. The molecule has 103 heavy (non-hydrogen) atoms. The number of phosphoric ester groups is 2. The molecule has 0 aliphatic carbocycles. The Bertz CT molecular complexity index is 2410. The normalized spacial score (nSPS) is 14.7. The van der Waals surface area contributed by atoms with Gasteiger partial charge in [-0.3, -0.25) is 32.5 Å². The van der Waals surface area contributed by atoms with Gasteiger partial charge in [-0.25, -0.2) is 9.13 Å². The van der Waals surface area contributed by atoms with E-state index in [0.717, 1.165) is 161 Å². The summed E-state index contributed by atoms with van der Waals surface area (Å²) in [7, 11) is -9.80. The Kier molecular flexibility index (Phi) is 74.1. The van der Waals surface area contributed by atoms with Crippen LogP contribution in [0, 0.1) is 0 Å². The molecule has 5 unspecified atom stereocenters. The highest BCUT2D eigenvalue weighted by Gasteiger charge is 2.29. The molecule has 0 heterocycles. The van der Waals surface area contributed by atoms with Gasteiger partial charge >= 0.3 is 33.6 Å². The minimum atomic E-state index is -4.94. The minimum Gasteiger partial charge on any atom is -0.463 e. The molecule has 18 heteroatoms. The second kappa shape index (κ2) is 77.3. The molecule has 0 bridgehead atoms. The fourth-order valence-corrected chi connectivity index (χ4v) is 12.3. The van der Waals surface area contributed by atoms with Crippen molar-refractivity contribution in [2.24, 2.45) is 0 Å². The van der Waals surface area contributed by atoms with Crippen molar-refractivity contribution in [2.75, 3.05) is 39.6 Å². The van der Waals surface area contributed by atoms with Crippen molar-refractivity contribution in [3.8, 4) is 0 Å². The van der Waals surface area contributed by atoms with Gasteiger partial charge in [-0.05, 0) is 141 Å². The van der Waals surface area contributed by atoms with Gasteiger partial charge in [-0.1, -0.05) is 302 Å². The van der Waals surface area contributed by atoms with Crippen LogP contribution in [0.2, 0.25) is 0 Å². The lowest BCUT2D eigenvalue weighted by Crippen LogP contribution is -2.30. The summed E-state index contributed by atoms with van der Waals surface area (Å²) in [5.41, 5.74) is 0. The van der Waals surface area contributed by atoms with Crippen molar-refractivity contribution in [1.29, 1.82) is 0 Å². The number of unbranched alkanes of at least 4 members (excludes halogenated alkanes) is 31. The number of aliphatic hydroxyl groups excluding tert-OH is 2. The molecule has 0 radical (unpaired) electrons. The summed E-state index contributed by atoms with van der Waals surface area (Å²) in [6.07, 6.45) is 93.5. The van der Waals surface area contributed by atoms with E-state index in [-0.39, 0.29) is 19.3 Å². The van der Waals surface area contributed by atoms with Gasteiger partial charge in [-0.15, -0.1) is 0 Å². The fraction of sp³-hybridized carbons (Fsp3) is 0.706. The summed E-state index contributed by atoms with van der Waals surface area (Å²) >= 11 is 0. The number of ether oxygens (including phenoxy) is 3. The molecule has 5 atom stereocenters. The molecule has 592 valence electrons. The van der Waals surface area contributed by atoms with E-state index in [1.807, 2.05) is 0 Å². The zero-order valence-corrected chi connectivity index (χ0v) is 66.5. The first kappa shape index (κ1) is 98.7.